The lowest BCUT2D eigenvalue weighted by molar-refractivity contribution is -0.123. The molecule has 4 nitrogen and oxygen atoms in total. The molecule has 2 aliphatic rings. The van der Waals surface area contributed by atoms with Crippen molar-refractivity contribution in [1.82, 2.24) is 10.6 Å². The molecule has 0 aromatic heterocycles. The van der Waals surface area contributed by atoms with Gasteiger partial charge in [0.25, 0.3) is 0 Å². The zero-order valence-electron chi connectivity index (χ0n) is 13.6. The molecule has 1 amide bonds. The third-order valence-electron chi connectivity index (χ3n) is 5.22. The molecule has 2 N–H and O–H groups in total. The maximum Gasteiger partial charge on any atom is 0.220 e. The zero-order valence-corrected chi connectivity index (χ0v) is 13.6. The van der Waals surface area contributed by atoms with Gasteiger partial charge in [-0.3, -0.25) is 4.79 Å². The summed E-state index contributed by atoms with van der Waals surface area (Å²) < 4.78 is 5.40. The molecule has 2 fully saturated rings. The van der Waals surface area contributed by atoms with Gasteiger partial charge in [-0.25, -0.2) is 0 Å². The highest BCUT2D eigenvalue weighted by molar-refractivity contribution is 5.76. The fourth-order valence-corrected chi connectivity index (χ4v) is 3.82. The van der Waals surface area contributed by atoms with Crippen molar-refractivity contribution >= 4 is 5.91 Å². The van der Waals surface area contributed by atoms with Crippen LogP contribution in [0, 0.1) is 11.3 Å². The average Bonchev–Trinajstić information content (AvgIpc) is 2.75. The third kappa shape index (κ3) is 5.59. The summed E-state index contributed by atoms with van der Waals surface area (Å²) in [6, 6.07) is 0. The molecular weight excluding hydrogens is 264 g/mol. The van der Waals surface area contributed by atoms with Gasteiger partial charge >= 0.3 is 0 Å². The van der Waals surface area contributed by atoms with Crippen LogP contribution in [0.2, 0.25) is 0 Å². The minimum absolute atomic E-state index is 0.138. The lowest BCUT2D eigenvalue weighted by atomic mass is 9.79. The van der Waals surface area contributed by atoms with Gasteiger partial charge in [0.15, 0.2) is 0 Å². The fraction of sp³-hybridized carbons (Fsp3) is 0.941. The predicted octanol–water partition coefficient (Wildman–Crippen LogP) is 2.48. The highest BCUT2D eigenvalue weighted by Gasteiger charge is 2.32. The summed E-state index contributed by atoms with van der Waals surface area (Å²) >= 11 is 0. The SMILES string of the molecule is COCC1(CNC(=O)CC2CCCCCC2)CCNCC1. The Bertz CT molecular complexity index is 300. The Morgan fingerprint density at radius 2 is 1.86 bits per heavy atom. The smallest absolute Gasteiger partial charge is 0.220 e. The molecule has 0 atom stereocenters. The molecule has 21 heavy (non-hydrogen) atoms. The number of carbonyl (C=O) groups is 1. The minimum atomic E-state index is 0.138. The molecular formula is C17H32N2O2. The van der Waals surface area contributed by atoms with Crippen molar-refractivity contribution < 1.29 is 9.53 Å². The molecule has 4 heteroatoms. The number of nitrogens with one attached hydrogen (secondary N) is 2. The van der Waals surface area contributed by atoms with Gasteiger partial charge in [0.05, 0.1) is 6.61 Å². The number of rotatable bonds is 6. The van der Waals surface area contributed by atoms with Crippen LogP contribution in [0.15, 0.2) is 0 Å². The summed E-state index contributed by atoms with van der Waals surface area (Å²) in [5.41, 5.74) is 0.138. The van der Waals surface area contributed by atoms with E-state index in [0.717, 1.165) is 45.5 Å². The Kier molecular flexibility index (Phi) is 6.97. The van der Waals surface area contributed by atoms with E-state index in [1.807, 2.05) is 0 Å². The molecule has 0 unspecified atom stereocenters. The number of ether oxygens (including phenoxy) is 1. The highest BCUT2D eigenvalue weighted by Crippen LogP contribution is 2.29. The maximum atomic E-state index is 12.2. The second kappa shape index (κ2) is 8.74. The van der Waals surface area contributed by atoms with Gasteiger partial charge in [-0.15, -0.1) is 0 Å². The third-order valence-corrected chi connectivity index (χ3v) is 5.22. The van der Waals surface area contributed by atoms with Crippen molar-refractivity contribution in [2.75, 3.05) is 33.4 Å². The van der Waals surface area contributed by atoms with Gasteiger partial charge in [-0.1, -0.05) is 25.7 Å². The van der Waals surface area contributed by atoms with Gasteiger partial charge in [0.2, 0.25) is 5.91 Å². The van der Waals surface area contributed by atoms with Crippen LogP contribution in [0.5, 0.6) is 0 Å². The second-order valence-corrected chi connectivity index (χ2v) is 7.02. The lowest BCUT2D eigenvalue weighted by Crippen LogP contribution is -2.47. The van der Waals surface area contributed by atoms with E-state index in [2.05, 4.69) is 10.6 Å². The van der Waals surface area contributed by atoms with Gasteiger partial charge in [0, 0.05) is 25.5 Å². The van der Waals surface area contributed by atoms with Crippen molar-refractivity contribution in [3.05, 3.63) is 0 Å². The van der Waals surface area contributed by atoms with Crippen molar-refractivity contribution in [3.63, 3.8) is 0 Å². The summed E-state index contributed by atoms with van der Waals surface area (Å²) in [6.45, 7) is 3.58. The van der Waals surface area contributed by atoms with Crippen LogP contribution in [-0.2, 0) is 9.53 Å². The topological polar surface area (TPSA) is 50.4 Å². The molecule has 0 radical (unpaired) electrons. The lowest BCUT2D eigenvalue weighted by Gasteiger charge is -2.37. The van der Waals surface area contributed by atoms with Crippen LogP contribution >= 0.6 is 0 Å². The van der Waals surface area contributed by atoms with E-state index >= 15 is 0 Å². The maximum absolute atomic E-state index is 12.2. The number of carbonyl (C=O) groups excluding carboxylic acids is 1. The van der Waals surface area contributed by atoms with E-state index in [1.165, 1.54) is 38.5 Å². The molecule has 1 saturated carbocycles. The fourth-order valence-electron chi connectivity index (χ4n) is 3.82. The largest absolute Gasteiger partial charge is 0.384 e. The Morgan fingerprint density at radius 1 is 1.19 bits per heavy atom. The van der Waals surface area contributed by atoms with Crippen LogP contribution in [0.4, 0.5) is 0 Å². The van der Waals surface area contributed by atoms with Gasteiger partial charge in [-0.05, 0) is 44.7 Å². The van der Waals surface area contributed by atoms with Crippen LogP contribution in [0.1, 0.15) is 57.8 Å². The number of hydrogen-bond acceptors (Lipinski definition) is 3. The second-order valence-electron chi connectivity index (χ2n) is 7.02. The number of amides is 1. The molecule has 1 aliphatic carbocycles. The molecule has 1 saturated heterocycles. The van der Waals surface area contributed by atoms with Crippen LogP contribution in [0.3, 0.4) is 0 Å². The molecule has 122 valence electrons. The van der Waals surface area contributed by atoms with E-state index < -0.39 is 0 Å². The first kappa shape index (κ1) is 16.8. The van der Waals surface area contributed by atoms with Crippen LogP contribution < -0.4 is 10.6 Å². The monoisotopic (exact) mass is 296 g/mol. The van der Waals surface area contributed by atoms with E-state index in [9.17, 15) is 4.79 Å². The van der Waals surface area contributed by atoms with E-state index in [0.29, 0.717) is 5.92 Å². The molecule has 0 bridgehead atoms. The first-order valence-corrected chi connectivity index (χ1v) is 8.70. The molecule has 0 aromatic rings. The summed E-state index contributed by atoms with van der Waals surface area (Å²) in [6.07, 6.45) is 10.7. The summed E-state index contributed by atoms with van der Waals surface area (Å²) in [7, 11) is 1.76. The van der Waals surface area contributed by atoms with E-state index in [-0.39, 0.29) is 11.3 Å². The highest BCUT2D eigenvalue weighted by atomic mass is 16.5. The van der Waals surface area contributed by atoms with Crippen molar-refractivity contribution in [2.45, 2.75) is 57.8 Å². The summed E-state index contributed by atoms with van der Waals surface area (Å²) in [5.74, 6) is 0.856. The predicted molar refractivity (Wildman–Crippen MR) is 85.2 cm³/mol. The molecule has 2 rings (SSSR count). The summed E-state index contributed by atoms with van der Waals surface area (Å²) in [5, 5.41) is 6.59. The van der Waals surface area contributed by atoms with Gasteiger partial charge in [-0.2, -0.15) is 0 Å². The Labute approximate surface area is 129 Å². The minimum Gasteiger partial charge on any atom is -0.384 e. The van der Waals surface area contributed by atoms with Gasteiger partial charge < -0.3 is 15.4 Å². The van der Waals surface area contributed by atoms with Crippen molar-refractivity contribution in [3.8, 4) is 0 Å². The zero-order chi connectivity index (χ0) is 15.0. The van der Waals surface area contributed by atoms with Gasteiger partial charge in [0.1, 0.15) is 0 Å². The normalized spacial score (nSPS) is 23.5. The molecule has 1 aliphatic heterocycles. The average molecular weight is 296 g/mol. The first-order valence-electron chi connectivity index (χ1n) is 8.70. The molecule has 1 heterocycles. The number of hydrogen-bond donors (Lipinski definition) is 2. The Balaban J connectivity index is 1.75. The molecule has 0 spiro atoms. The number of piperidine rings is 1. The Hall–Kier alpha value is -0.610. The van der Waals surface area contributed by atoms with E-state index in [4.69, 9.17) is 4.74 Å². The van der Waals surface area contributed by atoms with E-state index in [1.54, 1.807) is 7.11 Å². The summed E-state index contributed by atoms with van der Waals surface area (Å²) in [4.78, 5) is 12.2. The first-order chi connectivity index (χ1) is 10.2. The van der Waals surface area contributed by atoms with Crippen LogP contribution in [0.25, 0.3) is 0 Å². The standard InChI is InChI=1S/C17H32N2O2/c1-21-14-17(8-10-18-11-9-17)13-19-16(20)12-15-6-4-2-3-5-7-15/h15,18H,2-14H2,1H3,(H,19,20). The van der Waals surface area contributed by atoms with Crippen molar-refractivity contribution in [2.24, 2.45) is 11.3 Å². The Morgan fingerprint density at radius 3 is 2.48 bits per heavy atom. The van der Waals surface area contributed by atoms with Crippen molar-refractivity contribution in [1.29, 1.82) is 0 Å². The molecule has 0 aromatic carbocycles. The number of methoxy groups -OCH3 is 1. The van der Waals surface area contributed by atoms with Crippen LogP contribution in [-0.4, -0.2) is 39.3 Å². The quantitative estimate of drug-likeness (QED) is 0.740.